The molecule has 0 radical (unpaired) electrons. The van der Waals surface area contributed by atoms with E-state index in [1.165, 1.54) is 12.3 Å². The van der Waals surface area contributed by atoms with Gasteiger partial charge in [0.2, 0.25) is 0 Å². The molecule has 0 saturated carbocycles. The molecule has 7 nitrogen and oxygen atoms in total. The average molecular weight is 623 g/mol. The monoisotopic (exact) mass is 621 g/mol. The van der Waals surface area contributed by atoms with Gasteiger partial charge in [-0.05, 0) is 54.8 Å². The fraction of sp³-hybridized carbons (Fsp3) is 0.345. The summed E-state index contributed by atoms with van der Waals surface area (Å²) in [5.41, 5.74) is 1.26. The minimum Gasteiger partial charge on any atom is -0.353 e. The minimum atomic E-state index is -0.966. The number of carbonyl (C=O) groups excluding carboxylic acids is 2. The molecule has 2 saturated heterocycles. The molecule has 2 amide bonds. The first-order chi connectivity index (χ1) is 19.7. The number of hydrogen-bond acceptors (Lipinski definition) is 5. The number of nitrogens with zero attached hydrogens (tertiary/aromatic N) is 4. The van der Waals surface area contributed by atoms with Crippen molar-refractivity contribution in [2.24, 2.45) is 0 Å². The van der Waals surface area contributed by atoms with Crippen LogP contribution in [0.1, 0.15) is 39.1 Å². The lowest BCUT2D eigenvalue weighted by Gasteiger charge is -2.43. The van der Waals surface area contributed by atoms with E-state index in [-0.39, 0.29) is 18.0 Å². The molecule has 216 valence electrons. The van der Waals surface area contributed by atoms with Gasteiger partial charge in [-0.1, -0.05) is 40.9 Å². The number of likely N-dealkylation sites (tertiary alicyclic amines) is 1. The number of hydrogen-bond donors (Lipinski definition) is 1. The predicted octanol–water partition coefficient (Wildman–Crippen LogP) is 5.68. The van der Waals surface area contributed by atoms with Gasteiger partial charge in [0.05, 0.1) is 20.6 Å². The highest BCUT2D eigenvalue weighted by molar-refractivity contribution is 6.42. The summed E-state index contributed by atoms with van der Waals surface area (Å²) in [7, 11) is 0. The van der Waals surface area contributed by atoms with E-state index in [0.29, 0.717) is 51.1 Å². The van der Waals surface area contributed by atoms with Crippen LogP contribution in [0.5, 0.6) is 0 Å². The molecule has 2 aliphatic heterocycles. The maximum absolute atomic E-state index is 13.4. The van der Waals surface area contributed by atoms with Crippen molar-refractivity contribution in [3.05, 3.63) is 92.1 Å². The Morgan fingerprint density at radius 2 is 1.54 bits per heavy atom. The molecule has 2 aromatic carbocycles. The normalized spacial score (nSPS) is 16.6. The Labute approximate surface area is 252 Å². The summed E-state index contributed by atoms with van der Waals surface area (Å²) < 4.78 is 26.5. The number of anilines is 1. The molecule has 0 spiro atoms. The van der Waals surface area contributed by atoms with E-state index in [1.54, 1.807) is 24.3 Å². The number of piperazine rings is 1. The number of amides is 2. The number of benzene rings is 2. The van der Waals surface area contributed by atoms with Gasteiger partial charge in [-0.15, -0.1) is 0 Å². The third kappa shape index (κ3) is 6.92. The van der Waals surface area contributed by atoms with Gasteiger partial charge in [0.25, 0.3) is 11.8 Å². The SMILES string of the molecule is O=C(NCc1ccc(F)c(F)c1)c1cnc(N2CCN(C3CCN(C(=O)c4ccc(Cl)c(Cl)c4)CC3)CC2)c(Cl)c1. The Kier molecular flexibility index (Phi) is 9.28. The van der Waals surface area contributed by atoms with Crippen molar-refractivity contribution in [3.8, 4) is 0 Å². The highest BCUT2D eigenvalue weighted by Gasteiger charge is 2.30. The van der Waals surface area contributed by atoms with Crippen LogP contribution in [0.4, 0.5) is 14.6 Å². The number of nitrogens with one attached hydrogen (secondary N) is 1. The van der Waals surface area contributed by atoms with Crippen LogP contribution in [0.3, 0.4) is 0 Å². The number of rotatable bonds is 6. The summed E-state index contributed by atoms with van der Waals surface area (Å²) in [4.78, 5) is 36.3. The van der Waals surface area contributed by atoms with Gasteiger partial charge in [-0.25, -0.2) is 13.8 Å². The second-order valence-corrected chi connectivity index (χ2v) is 11.4. The zero-order valence-electron chi connectivity index (χ0n) is 22.1. The van der Waals surface area contributed by atoms with Gasteiger partial charge in [0.15, 0.2) is 11.6 Å². The Hall–Kier alpha value is -2.98. The number of carbonyl (C=O) groups is 2. The van der Waals surface area contributed by atoms with Gasteiger partial charge in [0, 0.05) is 63.6 Å². The predicted molar refractivity (Wildman–Crippen MR) is 156 cm³/mol. The van der Waals surface area contributed by atoms with Crippen LogP contribution < -0.4 is 10.2 Å². The van der Waals surface area contributed by atoms with Crippen LogP contribution >= 0.6 is 34.8 Å². The molecule has 12 heteroatoms. The fourth-order valence-corrected chi connectivity index (χ4v) is 5.85. The fourth-order valence-electron chi connectivity index (χ4n) is 5.27. The van der Waals surface area contributed by atoms with Crippen molar-refractivity contribution in [1.29, 1.82) is 0 Å². The molecular weight excluding hydrogens is 595 g/mol. The summed E-state index contributed by atoms with van der Waals surface area (Å²) in [6, 6.07) is 10.4. The Morgan fingerprint density at radius 3 is 2.20 bits per heavy atom. The zero-order valence-corrected chi connectivity index (χ0v) is 24.3. The quantitative estimate of drug-likeness (QED) is 0.384. The Balaban J connectivity index is 1.10. The van der Waals surface area contributed by atoms with Crippen molar-refractivity contribution in [2.75, 3.05) is 44.2 Å². The van der Waals surface area contributed by atoms with Gasteiger partial charge in [0.1, 0.15) is 5.82 Å². The van der Waals surface area contributed by atoms with Crippen LogP contribution in [-0.4, -0.2) is 71.9 Å². The summed E-state index contributed by atoms with van der Waals surface area (Å²) in [5, 5.41) is 3.84. The van der Waals surface area contributed by atoms with Crippen molar-refractivity contribution >= 4 is 52.4 Å². The van der Waals surface area contributed by atoms with E-state index in [4.69, 9.17) is 34.8 Å². The number of piperidine rings is 1. The molecule has 1 N–H and O–H groups in total. The Morgan fingerprint density at radius 1 is 0.829 bits per heavy atom. The molecule has 2 aliphatic rings. The van der Waals surface area contributed by atoms with E-state index in [1.807, 2.05) is 4.90 Å². The third-order valence-electron chi connectivity index (χ3n) is 7.57. The molecule has 0 aliphatic carbocycles. The van der Waals surface area contributed by atoms with E-state index in [0.717, 1.165) is 51.2 Å². The molecule has 2 fully saturated rings. The molecule has 41 heavy (non-hydrogen) atoms. The van der Waals surface area contributed by atoms with E-state index in [2.05, 4.69) is 20.1 Å². The highest BCUT2D eigenvalue weighted by Crippen LogP contribution is 2.28. The first-order valence-electron chi connectivity index (χ1n) is 13.3. The molecule has 0 atom stereocenters. The summed E-state index contributed by atoms with van der Waals surface area (Å²) in [6.07, 6.45) is 3.25. The standard InChI is InChI=1S/C29H28Cl3F2N5O2/c30-22-3-2-19(14-23(22)31)29(41)39-7-5-21(6-8-39)37-9-11-38(12-10-37)27-24(32)15-20(17-35-27)28(40)36-16-18-1-4-25(33)26(34)13-18/h1-4,13-15,17,21H,5-12,16H2,(H,36,40). The summed E-state index contributed by atoms with van der Waals surface area (Å²) in [5.74, 6) is -1.74. The number of halogens is 5. The van der Waals surface area contributed by atoms with Gasteiger partial charge < -0.3 is 15.1 Å². The second kappa shape index (κ2) is 12.9. The largest absolute Gasteiger partial charge is 0.353 e. The highest BCUT2D eigenvalue weighted by atomic mass is 35.5. The molecule has 3 aromatic rings. The molecule has 1 aromatic heterocycles. The average Bonchev–Trinajstić information content (AvgIpc) is 2.99. The maximum Gasteiger partial charge on any atom is 0.253 e. The number of aromatic nitrogens is 1. The van der Waals surface area contributed by atoms with Crippen molar-refractivity contribution in [3.63, 3.8) is 0 Å². The van der Waals surface area contributed by atoms with Crippen LogP contribution in [0.2, 0.25) is 15.1 Å². The van der Waals surface area contributed by atoms with Crippen LogP contribution in [-0.2, 0) is 6.54 Å². The van der Waals surface area contributed by atoms with Crippen molar-refractivity contribution in [2.45, 2.75) is 25.4 Å². The van der Waals surface area contributed by atoms with E-state index < -0.39 is 17.5 Å². The van der Waals surface area contributed by atoms with Gasteiger partial charge in [-0.2, -0.15) is 0 Å². The smallest absolute Gasteiger partial charge is 0.253 e. The van der Waals surface area contributed by atoms with E-state index >= 15 is 0 Å². The second-order valence-electron chi connectivity index (χ2n) is 10.1. The minimum absolute atomic E-state index is 0.0333. The van der Waals surface area contributed by atoms with Crippen LogP contribution in [0, 0.1) is 11.6 Å². The first kappa shape index (κ1) is 29.5. The first-order valence-corrected chi connectivity index (χ1v) is 14.4. The van der Waals surface area contributed by atoms with Crippen LogP contribution in [0.25, 0.3) is 0 Å². The third-order valence-corrected chi connectivity index (χ3v) is 8.59. The van der Waals surface area contributed by atoms with Crippen LogP contribution in [0.15, 0.2) is 48.7 Å². The molecular formula is C29H28Cl3F2N5O2. The topological polar surface area (TPSA) is 68.8 Å². The summed E-state index contributed by atoms with van der Waals surface area (Å²) in [6.45, 7) is 4.53. The zero-order chi connectivity index (χ0) is 29.1. The lowest BCUT2D eigenvalue weighted by Crippen LogP contribution is -2.54. The van der Waals surface area contributed by atoms with Crippen molar-refractivity contribution in [1.82, 2.24) is 20.1 Å². The lowest BCUT2D eigenvalue weighted by molar-refractivity contribution is 0.0610. The van der Waals surface area contributed by atoms with Crippen molar-refractivity contribution < 1.29 is 18.4 Å². The molecule has 3 heterocycles. The molecule has 0 bridgehead atoms. The van der Waals surface area contributed by atoms with Gasteiger partial charge in [-0.3, -0.25) is 14.5 Å². The van der Waals surface area contributed by atoms with Gasteiger partial charge >= 0.3 is 0 Å². The molecule has 5 rings (SSSR count). The molecule has 0 unspecified atom stereocenters. The van der Waals surface area contributed by atoms with E-state index in [9.17, 15) is 18.4 Å². The maximum atomic E-state index is 13.4. The lowest BCUT2D eigenvalue weighted by atomic mass is 10.0. The Bertz CT molecular complexity index is 1440. The summed E-state index contributed by atoms with van der Waals surface area (Å²) >= 11 is 18.6. The number of pyridine rings is 1.